The van der Waals surface area contributed by atoms with Crippen LogP contribution in [0.2, 0.25) is 0 Å². The van der Waals surface area contributed by atoms with Crippen molar-refractivity contribution in [3.8, 4) is 0 Å². The highest BCUT2D eigenvalue weighted by Gasteiger charge is 2.52. The molecule has 1 saturated heterocycles. The topological polar surface area (TPSA) is 29.3 Å². The van der Waals surface area contributed by atoms with Crippen molar-refractivity contribution in [3.05, 3.63) is 0 Å². The van der Waals surface area contributed by atoms with Gasteiger partial charge in [0.1, 0.15) is 0 Å². The number of hydrogen-bond acceptors (Lipinski definition) is 2. The molecule has 1 aliphatic carbocycles. The summed E-state index contributed by atoms with van der Waals surface area (Å²) in [6.45, 7) is 12.7. The van der Waals surface area contributed by atoms with Gasteiger partial charge in [-0.05, 0) is 57.4 Å². The number of nitrogens with two attached hydrogens (primary N) is 1. The summed E-state index contributed by atoms with van der Waals surface area (Å²) in [5.74, 6) is 1.75. The van der Waals surface area contributed by atoms with Crippen LogP contribution < -0.4 is 5.73 Å². The third-order valence-electron chi connectivity index (χ3n) is 4.61. The van der Waals surface area contributed by atoms with Crippen LogP contribution in [-0.4, -0.2) is 30.1 Å². The maximum Gasteiger partial charge on any atom is 0.0125 e. The SMILES string of the molecule is CC1C[C@@H]2CN(C(C)(C)C)C[C@]2(CN)C1. The van der Waals surface area contributed by atoms with Gasteiger partial charge in [0, 0.05) is 18.6 Å². The number of rotatable bonds is 1. The predicted molar refractivity (Wildman–Crippen MR) is 64.7 cm³/mol. The first-order valence-electron chi connectivity index (χ1n) is 6.32. The van der Waals surface area contributed by atoms with Crippen LogP contribution in [0.25, 0.3) is 0 Å². The molecule has 1 heterocycles. The summed E-state index contributed by atoms with van der Waals surface area (Å²) in [6.07, 6.45) is 2.74. The van der Waals surface area contributed by atoms with Gasteiger partial charge in [0.05, 0.1) is 0 Å². The molecule has 3 atom stereocenters. The lowest BCUT2D eigenvalue weighted by atomic mass is 9.81. The summed E-state index contributed by atoms with van der Waals surface area (Å²) >= 11 is 0. The minimum absolute atomic E-state index is 0.315. The molecule has 0 spiro atoms. The highest BCUT2D eigenvalue weighted by atomic mass is 15.2. The van der Waals surface area contributed by atoms with Crippen LogP contribution in [0, 0.1) is 17.3 Å². The average molecular weight is 210 g/mol. The van der Waals surface area contributed by atoms with E-state index in [0.29, 0.717) is 11.0 Å². The molecule has 15 heavy (non-hydrogen) atoms. The lowest BCUT2D eigenvalue weighted by Crippen LogP contribution is -2.42. The van der Waals surface area contributed by atoms with Crippen molar-refractivity contribution in [2.45, 2.75) is 46.1 Å². The van der Waals surface area contributed by atoms with Gasteiger partial charge >= 0.3 is 0 Å². The Hall–Kier alpha value is -0.0800. The van der Waals surface area contributed by atoms with Gasteiger partial charge in [0.25, 0.3) is 0 Å². The van der Waals surface area contributed by atoms with Crippen LogP contribution in [0.4, 0.5) is 0 Å². The average Bonchev–Trinajstić information content (AvgIpc) is 2.55. The van der Waals surface area contributed by atoms with E-state index in [0.717, 1.165) is 18.4 Å². The number of nitrogens with zero attached hydrogens (tertiary/aromatic N) is 1. The van der Waals surface area contributed by atoms with Crippen LogP contribution in [0.15, 0.2) is 0 Å². The molecule has 0 amide bonds. The van der Waals surface area contributed by atoms with Crippen LogP contribution in [-0.2, 0) is 0 Å². The molecular formula is C13H26N2. The van der Waals surface area contributed by atoms with E-state index in [2.05, 4.69) is 32.6 Å². The van der Waals surface area contributed by atoms with E-state index < -0.39 is 0 Å². The molecule has 2 aliphatic rings. The molecule has 88 valence electrons. The number of likely N-dealkylation sites (tertiary alicyclic amines) is 1. The second-order valence-corrected chi connectivity index (χ2v) is 6.86. The minimum atomic E-state index is 0.315. The molecule has 0 aromatic rings. The Morgan fingerprint density at radius 2 is 2.07 bits per heavy atom. The summed E-state index contributed by atoms with van der Waals surface area (Å²) < 4.78 is 0. The van der Waals surface area contributed by atoms with Crippen molar-refractivity contribution in [2.24, 2.45) is 23.0 Å². The smallest absolute Gasteiger partial charge is 0.0125 e. The highest BCUT2D eigenvalue weighted by Crippen LogP contribution is 2.51. The van der Waals surface area contributed by atoms with Crippen molar-refractivity contribution in [1.82, 2.24) is 4.90 Å². The van der Waals surface area contributed by atoms with Crippen molar-refractivity contribution in [1.29, 1.82) is 0 Å². The fraction of sp³-hybridized carbons (Fsp3) is 1.00. The zero-order valence-corrected chi connectivity index (χ0v) is 10.7. The molecule has 1 unspecified atom stereocenters. The van der Waals surface area contributed by atoms with Crippen molar-refractivity contribution < 1.29 is 0 Å². The maximum absolute atomic E-state index is 6.05. The zero-order valence-electron chi connectivity index (χ0n) is 10.7. The molecule has 1 aliphatic heterocycles. The van der Waals surface area contributed by atoms with Crippen molar-refractivity contribution in [2.75, 3.05) is 19.6 Å². The molecule has 2 rings (SSSR count). The summed E-state index contributed by atoms with van der Waals surface area (Å²) in [6, 6.07) is 0. The third kappa shape index (κ3) is 1.83. The Balaban J connectivity index is 2.14. The number of fused-ring (bicyclic) bond motifs is 1. The molecule has 2 nitrogen and oxygen atoms in total. The molecule has 0 aromatic heterocycles. The standard InChI is InChI=1S/C13H26N2/c1-10-5-11-7-15(12(2,3)4)9-13(11,6-10)8-14/h10-11H,5-9,14H2,1-4H3/t10?,11-,13-/m1/s1. The van der Waals surface area contributed by atoms with Gasteiger partial charge in [0.15, 0.2) is 0 Å². The van der Waals surface area contributed by atoms with Crippen molar-refractivity contribution >= 4 is 0 Å². The summed E-state index contributed by atoms with van der Waals surface area (Å²) in [5, 5.41) is 0. The first kappa shape index (κ1) is 11.4. The minimum Gasteiger partial charge on any atom is -0.330 e. The largest absolute Gasteiger partial charge is 0.330 e. The Bertz CT molecular complexity index is 243. The van der Waals surface area contributed by atoms with E-state index in [-0.39, 0.29) is 0 Å². The van der Waals surface area contributed by atoms with Crippen LogP contribution in [0.5, 0.6) is 0 Å². The van der Waals surface area contributed by atoms with Gasteiger partial charge < -0.3 is 5.73 Å². The van der Waals surface area contributed by atoms with E-state index in [1.165, 1.54) is 25.9 Å². The molecule has 0 bridgehead atoms. The lowest BCUT2D eigenvalue weighted by molar-refractivity contribution is 0.143. The van der Waals surface area contributed by atoms with Gasteiger partial charge in [0.2, 0.25) is 0 Å². The third-order valence-corrected chi connectivity index (χ3v) is 4.61. The summed E-state index contributed by atoms with van der Waals surface area (Å²) in [7, 11) is 0. The van der Waals surface area contributed by atoms with Gasteiger partial charge in [-0.1, -0.05) is 6.92 Å². The van der Waals surface area contributed by atoms with E-state index >= 15 is 0 Å². The number of hydrogen-bond donors (Lipinski definition) is 1. The molecule has 2 N–H and O–H groups in total. The first-order chi connectivity index (χ1) is 6.87. The Morgan fingerprint density at radius 3 is 2.53 bits per heavy atom. The monoisotopic (exact) mass is 210 g/mol. The highest BCUT2D eigenvalue weighted by molar-refractivity contribution is 5.05. The van der Waals surface area contributed by atoms with E-state index in [1.54, 1.807) is 0 Å². The molecule has 2 fully saturated rings. The van der Waals surface area contributed by atoms with Crippen LogP contribution >= 0.6 is 0 Å². The van der Waals surface area contributed by atoms with E-state index in [4.69, 9.17) is 5.73 Å². The molecule has 1 saturated carbocycles. The Kier molecular flexibility index (Phi) is 2.63. The van der Waals surface area contributed by atoms with E-state index in [9.17, 15) is 0 Å². The first-order valence-corrected chi connectivity index (χ1v) is 6.32. The zero-order chi connectivity index (χ0) is 11.3. The lowest BCUT2D eigenvalue weighted by Gasteiger charge is -2.34. The fourth-order valence-electron chi connectivity index (χ4n) is 3.68. The summed E-state index contributed by atoms with van der Waals surface area (Å²) in [5.41, 5.74) is 6.82. The van der Waals surface area contributed by atoms with Crippen LogP contribution in [0.1, 0.15) is 40.5 Å². The Labute approximate surface area is 94.2 Å². The molecular weight excluding hydrogens is 184 g/mol. The van der Waals surface area contributed by atoms with Crippen LogP contribution in [0.3, 0.4) is 0 Å². The molecule has 0 radical (unpaired) electrons. The maximum atomic E-state index is 6.05. The summed E-state index contributed by atoms with van der Waals surface area (Å²) in [4.78, 5) is 2.64. The van der Waals surface area contributed by atoms with Gasteiger partial charge in [-0.3, -0.25) is 4.90 Å². The molecule has 0 aromatic carbocycles. The second-order valence-electron chi connectivity index (χ2n) is 6.86. The predicted octanol–water partition coefficient (Wildman–Crippen LogP) is 2.09. The van der Waals surface area contributed by atoms with E-state index in [1.807, 2.05) is 0 Å². The second kappa shape index (κ2) is 3.46. The normalized spacial score (nSPS) is 42.2. The van der Waals surface area contributed by atoms with Gasteiger partial charge in [-0.25, -0.2) is 0 Å². The quantitative estimate of drug-likeness (QED) is 0.718. The Morgan fingerprint density at radius 1 is 1.40 bits per heavy atom. The fourth-order valence-corrected chi connectivity index (χ4v) is 3.68. The van der Waals surface area contributed by atoms with Gasteiger partial charge in [-0.15, -0.1) is 0 Å². The molecule has 2 heteroatoms. The van der Waals surface area contributed by atoms with Crippen molar-refractivity contribution in [3.63, 3.8) is 0 Å². The van der Waals surface area contributed by atoms with Gasteiger partial charge in [-0.2, -0.15) is 0 Å².